The molecular weight excluding hydrogens is 264 g/mol. The lowest BCUT2D eigenvalue weighted by atomic mass is 10.1. The molecule has 2 rings (SSSR count). The molecule has 0 aliphatic carbocycles. The maximum Gasteiger partial charge on any atom is 0.224 e. The first-order valence-corrected chi connectivity index (χ1v) is 6.24. The Kier molecular flexibility index (Phi) is 4.36. The molecule has 1 amide bonds. The number of rotatable bonds is 4. The number of anilines is 1. The van der Waals surface area contributed by atoms with Gasteiger partial charge in [0.25, 0.3) is 0 Å². The summed E-state index contributed by atoms with van der Waals surface area (Å²) in [6.07, 6.45) is 3.91. The van der Waals surface area contributed by atoms with Crippen LogP contribution in [0.15, 0.2) is 47.5 Å². The van der Waals surface area contributed by atoms with Gasteiger partial charge in [0.2, 0.25) is 11.3 Å². The van der Waals surface area contributed by atoms with E-state index in [-0.39, 0.29) is 17.0 Å². The molecule has 0 bridgehead atoms. The molecular formula is C14H13ClN2O2. The van der Waals surface area contributed by atoms with E-state index in [0.29, 0.717) is 17.9 Å². The number of carbonyl (C=O) groups excluding carboxylic acids is 1. The number of carbonyl (C=O) groups is 1. The minimum Gasteiger partial charge on any atom is -0.366 e. The molecule has 0 saturated heterocycles. The lowest BCUT2D eigenvalue weighted by Crippen LogP contribution is -2.18. The van der Waals surface area contributed by atoms with Gasteiger partial charge in [0.1, 0.15) is 5.69 Å². The first kappa shape index (κ1) is 13.4. The summed E-state index contributed by atoms with van der Waals surface area (Å²) in [5.41, 5.74) is 1.09. The maximum absolute atomic E-state index is 11.7. The molecule has 0 fully saturated rings. The normalized spacial score (nSPS) is 10.2. The van der Waals surface area contributed by atoms with E-state index in [1.807, 2.05) is 12.1 Å². The molecule has 2 N–H and O–H groups in total. The van der Waals surface area contributed by atoms with Crippen molar-refractivity contribution in [3.63, 3.8) is 0 Å². The van der Waals surface area contributed by atoms with E-state index in [1.54, 1.807) is 12.1 Å². The number of aromatic amines is 1. The smallest absolute Gasteiger partial charge is 0.224 e. The number of aromatic nitrogens is 1. The number of nitrogens with one attached hydrogen (secondary N) is 2. The van der Waals surface area contributed by atoms with Crippen molar-refractivity contribution in [2.75, 3.05) is 5.32 Å². The lowest BCUT2D eigenvalue weighted by molar-refractivity contribution is -0.116. The largest absolute Gasteiger partial charge is 0.366 e. The summed E-state index contributed by atoms with van der Waals surface area (Å²) in [4.78, 5) is 25.9. The third-order valence-electron chi connectivity index (χ3n) is 2.65. The van der Waals surface area contributed by atoms with E-state index in [2.05, 4.69) is 10.3 Å². The minimum atomic E-state index is -0.210. The molecule has 0 aliphatic heterocycles. The van der Waals surface area contributed by atoms with E-state index in [4.69, 9.17) is 11.6 Å². The van der Waals surface area contributed by atoms with Crippen molar-refractivity contribution in [1.82, 2.24) is 4.98 Å². The SMILES string of the molecule is O=C(CCc1ccc(Cl)cc1)Nc1c[nH]ccc1=O. The van der Waals surface area contributed by atoms with Crippen molar-refractivity contribution in [3.05, 3.63) is 63.5 Å². The van der Waals surface area contributed by atoms with Crippen LogP contribution in [0.4, 0.5) is 5.69 Å². The number of aryl methyl sites for hydroxylation is 1. The van der Waals surface area contributed by atoms with Gasteiger partial charge in [-0.2, -0.15) is 0 Å². The van der Waals surface area contributed by atoms with Crippen LogP contribution in [0.1, 0.15) is 12.0 Å². The van der Waals surface area contributed by atoms with Crippen molar-refractivity contribution < 1.29 is 4.79 Å². The van der Waals surface area contributed by atoms with Crippen molar-refractivity contribution in [3.8, 4) is 0 Å². The zero-order valence-corrected chi connectivity index (χ0v) is 10.9. The van der Waals surface area contributed by atoms with Crippen molar-refractivity contribution in [2.24, 2.45) is 0 Å². The predicted octanol–water partition coefficient (Wildman–Crippen LogP) is 2.60. The minimum absolute atomic E-state index is 0.188. The number of benzene rings is 1. The topological polar surface area (TPSA) is 62.0 Å². The maximum atomic E-state index is 11.7. The van der Waals surface area contributed by atoms with Crippen molar-refractivity contribution in [2.45, 2.75) is 12.8 Å². The second-order valence-electron chi connectivity index (χ2n) is 4.10. The van der Waals surface area contributed by atoms with Crippen LogP contribution in [0.25, 0.3) is 0 Å². The average Bonchev–Trinajstić information content (AvgIpc) is 2.41. The van der Waals surface area contributed by atoms with Crippen LogP contribution >= 0.6 is 11.6 Å². The van der Waals surface area contributed by atoms with Gasteiger partial charge in [-0.25, -0.2) is 0 Å². The molecule has 5 heteroatoms. The number of pyridine rings is 1. The molecule has 0 radical (unpaired) electrons. The van der Waals surface area contributed by atoms with Gasteiger partial charge >= 0.3 is 0 Å². The number of H-pyrrole nitrogens is 1. The highest BCUT2D eigenvalue weighted by atomic mass is 35.5. The Balaban J connectivity index is 1.90. The highest BCUT2D eigenvalue weighted by Gasteiger charge is 2.05. The van der Waals surface area contributed by atoms with Gasteiger partial charge in [0.05, 0.1) is 0 Å². The molecule has 0 spiro atoms. The molecule has 0 aliphatic rings. The fourth-order valence-electron chi connectivity index (χ4n) is 1.64. The molecule has 19 heavy (non-hydrogen) atoms. The zero-order valence-electron chi connectivity index (χ0n) is 10.2. The summed E-state index contributed by atoms with van der Waals surface area (Å²) in [6.45, 7) is 0. The van der Waals surface area contributed by atoms with Crippen LogP contribution in [0.2, 0.25) is 5.02 Å². The van der Waals surface area contributed by atoms with Gasteiger partial charge in [-0.15, -0.1) is 0 Å². The Bertz CT molecular complexity index is 620. The van der Waals surface area contributed by atoms with Gasteiger partial charge < -0.3 is 10.3 Å². The number of hydrogen-bond acceptors (Lipinski definition) is 2. The van der Waals surface area contributed by atoms with Gasteiger partial charge in [0, 0.05) is 29.9 Å². The summed E-state index contributed by atoms with van der Waals surface area (Å²) >= 11 is 5.78. The second kappa shape index (κ2) is 6.20. The third-order valence-corrected chi connectivity index (χ3v) is 2.90. The Morgan fingerprint density at radius 2 is 1.95 bits per heavy atom. The summed E-state index contributed by atoms with van der Waals surface area (Å²) in [5.74, 6) is -0.188. The molecule has 1 heterocycles. The highest BCUT2D eigenvalue weighted by molar-refractivity contribution is 6.30. The first-order chi connectivity index (χ1) is 9.15. The Morgan fingerprint density at radius 1 is 1.21 bits per heavy atom. The number of halogens is 1. The monoisotopic (exact) mass is 276 g/mol. The molecule has 1 aromatic carbocycles. The molecule has 0 atom stereocenters. The van der Waals surface area contributed by atoms with Crippen LogP contribution in [-0.4, -0.2) is 10.9 Å². The quantitative estimate of drug-likeness (QED) is 0.902. The van der Waals surface area contributed by atoms with Gasteiger partial charge in [-0.05, 0) is 24.1 Å². The fourth-order valence-corrected chi connectivity index (χ4v) is 1.76. The lowest BCUT2D eigenvalue weighted by Gasteiger charge is -2.04. The second-order valence-corrected chi connectivity index (χ2v) is 4.53. The molecule has 2 aromatic rings. The van der Waals surface area contributed by atoms with Crippen LogP contribution in [0.3, 0.4) is 0 Å². The van der Waals surface area contributed by atoms with E-state index >= 15 is 0 Å². The third kappa shape index (κ3) is 3.96. The Morgan fingerprint density at radius 3 is 2.63 bits per heavy atom. The Labute approximate surface area is 115 Å². The summed E-state index contributed by atoms with van der Waals surface area (Å²) in [7, 11) is 0. The van der Waals surface area contributed by atoms with E-state index < -0.39 is 0 Å². The predicted molar refractivity (Wildman–Crippen MR) is 75.5 cm³/mol. The number of hydrogen-bond donors (Lipinski definition) is 2. The van der Waals surface area contributed by atoms with Crippen LogP contribution < -0.4 is 10.7 Å². The van der Waals surface area contributed by atoms with Crippen LogP contribution in [-0.2, 0) is 11.2 Å². The molecule has 1 aromatic heterocycles. The standard InChI is InChI=1S/C14H13ClN2O2/c15-11-4-1-10(2-5-11)3-6-14(19)17-12-9-16-8-7-13(12)18/h1-2,4-5,7-9H,3,6H2,(H,16,18)(H,17,19). The van der Waals surface area contributed by atoms with Gasteiger partial charge in [-0.1, -0.05) is 23.7 Å². The average molecular weight is 277 g/mol. The van der Waals surface area contributed by atoms with Crippen molar-refractivity contribution >= 4 is 23.2 Å². The molecule has 0 saturated carbocycles. The zero-order chi connectivity index (χ0) is 13.7. The summed E-state index contributed by atoms with van der Waals surface area (Å²) < 4.78 is 0. The first-order valence-electron chi connectivity index (χ1n) is 5.86. The van der Waals surface area contributed by atoms with Gasteiger partial charge in [-0.3, -0.25) is 9.59 Å². The van der Waals surface area contributed by atoms with E-state index in [9.17, 15) is 9.59 Å². The Hall–Kier alpha value is -2.07. The van der Waals surface area contributed by atoms with Crippen LogP contribution in [0, 0.1) is 0 Å². The number of amides is 1. The molecule has 98 valence electrons. The summed E-state index contributed by atoms with van der Waals surface area (Å²) in [5, 5.41) is 3.25. The summed E-state index contributed by atoms with van der Waals surface area (Å²) in [6, 6.07) is 8.71. The molecule has 0 unspecified atom stereocenters. The van der Waals surface area contributed by atoms with E-state index in [1.165, 1.54) is 18.5 Å². The highest BCUT2D eigenvalue weighted by Crippen LogP contribution is 2.11. The van der Waals surface area contributed by atoms with E-state index in [0.717, 1.165) is 5.56 Å². The fraction of sp³-hybridized carbons (Fsp3) is 0.143. The van der Waals surface area contributed by atoms with Crippen molar-refractivity contribution in [1.29, 1.82) is 0 Å². The van der Waals surface area contributed by atoms with Crippen LogP contribution in [0.5, 0.6) is 0 Å². The molecule has 4 nitrogen and oxygen atoms in total. The van der Waals surface area contributed by atoms with Gasteiger partial charge in [0.15, 0.2) is 0 Å².